The van der Waals surface area contributed by atoms with Crippen molar-refractivity contribution in [3.8, 4) is 5.75 Å². The molecule has 0 N–H and O–H groups in total. The Morgan fingerprint density at radius 1 is 1.42 bits per heavy atom. The summed E-state index contributed by atoms with van der Waals surface area (Å²) < 4.78 is 30.1. The van der Waals surface area contributed by atoms with Crippen molar-refractivity contribution >= 4 is 6.08 Å². The molecule has 3 heteroatoms. The van der Waals surface area contributed by atoms with Crippen LogP contribution in [-0.4, -0.2) is 7.11 Å². The summed E-state index contributed by atoms with van der Waals surface area (Å²) in [5.41, 5.74) is 0.491. The Morgan fingerprint density at radius 3 is 2.58 bits per heavy atom. The molecule has 0 amide bonds. The molecule has 64 valence electrons. The van der Waals surface area contributed by atoms with Gasteiger partial charge < -0.3 is 4.74 Å². The van der Waals surface area contributed by atoms with Crippen molar-refractivity contribution in [1.82, 2.24) is 0 Å². The average molecular weight is 170 g/mol. The minimum absolute atomic E-state index is 0.107. The van der Waals surface area contributed by atoms with Gasteiger partial charge in [-0.1, -0.05) is 12.7 Å². The van der Waals surface area contributed by atoms with Gasteiger partial charge in [-0.25, -0.2) is 4.39 Å². The molecule has 0 radical (unpaired) electrons. The molecular weight excluding hydrogens is 162 g/mol. The van der Waals surface area contributed by atoms with E-state index in [4.69, 9.17) is 0 Å². The van der Waals surface area contributed by atoms with E-state index in [2.05, 4.69) is 11.3 Å². The Bertz CT molecular complexity index is 308. The van der Waals surface area contributed by atoms with Crippen LogP contribution in [0.2, 0.25) is 0 Å². The second-order valence-electron chi connectivity index (χ2n) is 2.22. The number of ether oxygens (including phenoxy) is 1. The zero-order chi connectivity index (χ0) is 9.14. The van der Waals surface area contributed by atoms with Crippen LogP contribution in [0.1, 0.15) is 5.56 Å². The predicted octanol–water partition coefficient (Wildman–Crippen LogP) is 2.62. The molecule has 0 aliphatic heterocycles. The summed E-state index contributed by atoms with van der Waals surface area (Å²) in [7, 11) is 1.28. The second-order valence-corrected chi connectivity index (χ2v) is 2.22. The lowest BCUT2D eigenvalue weighted by atomic mass is 10.2. The molecule has 1 aromatic rings. The van der Waals surface area contributed by atoms with E-state index < -0.39 is 11.6 Å². The van der Waals surface area contributed by atoms with Gasteiger partial charge in [0, 0.05) is 0 Å². The Balaban J connectivity index is 3.28. The molecule has 1 rings (SSSR count). The molecule has 0 heterocycles. The minimum Gasteiger partial charge on any atom is -0.494 e. The number of hydrogen-bond acceptors (Lipinski definition) is 1. The third-order valence-corrected chi connectivity index (χ3v) is 1.47. The number of halogens is 2. The van der Waals surface area contributed by atoms with Gasteiger partial charge in [0.25, 0.3) is 0 Å². The zero-order valence-electron chi connectivity index (χ0n) is 6.60. The van der Waals surface area contributed by atoms with Crippen LogP contribution >= 0.6 is 0 Å². The van der Waals surface area contributed by atoms with Crippen molar-refractivity contribution in [2.75, 3.05) is 7.11 Å². The van der Waals surface area contributed by atoms with Gasteiger partial charge in [0.05, 0.1) is 7.11 Å². The molecular formula is C9H8F2O. The molecule has 0 unspecified atom stereocenters. The zero-order valence-corrected chi connectivity index (χ0v) is 6.60. The minimum atomic E-state index is -0.969. The molecule has 12 heavy (non-hydrogen) atoms. The first-order chi connectivity index (χ1) is 5.69. The van der Waals surface area contributed by atoms with E-state index in [-0.39, 0.29) is 5.75 Å². The van der Waals surface area contributed by atoms with Crippen LogP contribution in [0, 0.1) is 11.6 Å². The normalized spacial score (nSPS) is 9.58. The molecule has 0 fully saturated rings. The smallest absolute Gasteiger partial charge is 0.200 e. The summed E-state index contributed by atoms with van der Waals surface area (Å²) in [6.07, 6.45) is 1.42. The van der Waals surface area contributed by atoms with Gasteiger partial charge in [-0.3, -0.25) is 0 Å². The first-order valence-electron chi connectivity index (χ1n) is 3.34. The van der Waals surface area contributed by atoms with Gasteiger partial charge in [-0.2, -0.15) is 4.39 Å². The number of hydrogen-bond donors (Lipinski definition) is 0. The summed E-state index contributed by atoms with van der Waals surface area (Å²) in [6, 6.07) is 2.44. The van der Waals surface area contributed by atoms with Gasteiger partial charge in [0.1, 0.15) is 0 Å². The number of methoxy groups -OCH3 is 1. The van der Waals surface area contributed by atoms with Crippen LogP contribution in [0.4, 0.5) is 8.78 Å². The van der Waals surface area contributed by atoms with E-state index in [9.17, 15) is 8.78 Å². The van der Waals surface area contributed by atoms with Gasteiger partial charge >= 0.3 is 0 Å². The lowest BCUT2D eigenvalue weighted by molar-refractivity contribution is 0.371. The molecule has 0 saturated carbocycles. The lowest BCUT2D eigenvalue weighted by Gasteiger charge is -2.03. The number of benzene rings is 1. The maximum Gasteiger partial charge on any atom is 0.200 e. The van der Waals surface area contributed by atoms with Crippen LogP contribution in [0.25, 0.3) is 6.08 Å². The van der Waals surface area contributed by atoms with Gasteiger partial charge in [0.2, 0.25) is 5.82 Å². The molecule has 0 aliphatic rings. The summed E-state index contributed by atoms with van der Waals surface area (Å²) in [4.78, 5) is 0. The fraction of sp³-hybridized carbons (Fsp3) is 0.111. The Morgan fingerprint density at radius 2 is 2.08 bits per heavy atom. The maximum atomic E-state index is 12.8. The van der Waals surface area contributed by atoms with Gasteiger partial charge in [0.15, 0.2) is 11.6 Å². The van der Waals surface area contributed by atoms with E-state index in [1.165, 1.54) is 19.3 Å². The first-order valence-corrected chi connectivity index (χ1v) is 3.34. The van der Waals surface area contributed by atoms with Crippen molar-refractivity contribution < 1.29 is 13.5 Å². The number of rotatable bonds is 2. The standard InChI is InChI=1S/C9H8F2O/c1-3-6-4-7(10)9(11)8(5-6)12-2/h3-5H,1H2,2H3. The largest absolute Gasteiger partial charge is 0.494 e. The third-order valence-electron chi connectivity index (χ3n) is 1.47. The van der Waals surface area contributed by atoms with Crippen molar-refractivity contribution in [2.45, 2.75) is 0 Å². The summed E-state index contributed by atoms with van der Waals surface area (Å²) in [5.74, 6) is -2.00. The van der Waals surface area contributed by atoms with Crippen LogP contribution in [0.3, 0.4) is 0 Å². The van der Waals surface area contributed by atoms with Crippen molar-refractivity contribution in [1.29, 1.82) is 0 Å². The van der Waals surface area contributed by atoms with Gasteiger partial charge in [-0.05, 0) is 17.7 Å². The maximum absolute atomic E-state index is 12.8. The molecule has 1 nitrogen and oxygen atoms in total. The SMILES string of the molecule is C=Cc1cc(F)c(F)c(OC)c1. The molecule has 0 spiro atoms. The van der Waals surface area contributed by atoms with E-state index in [0.29, 0.717) is 5.56 Å². The van der Waals surface area contributed by atoms with E-state index >= 15 is 0 Å². The monoisotopic (exact) mass is 170 g/mol. The Kier molecular flexibility index (Phi) is 2.43. The van der Waals surface area contributed by atoms with Gasteiger partial charge in [-0.15, -0.1) is 0 Å². The molecule has 1 aromatic carbocycles. The highest BCUT2D eigenvalue weighted by Crippen LogP contribution is 2.21. The van der Waals surface area contributed by atoms with Crippen LogP contribution in [0.15, 0.2) is 18.7 Å². The van der Waals surface area contributed by atoms with E-state index in [1.54, 1.807) is 0 Å². The molecule has 0 aromatic heterocycles. The van der Waals surface area contributed by atoms with E-state index in [0.717, 1.165) is 6.07 Å². The summed E-state index contributed by atoms with van der Waals surface area (Å²) in [6.45, 7) is 3.43. The lowest BCUT2D eigenvalue weighted by Crippen LogP contribution is -1.92. The van der Waals surface area contributed by atoms with Crippen LogP contribution in [0.5, 0.6) is 5.75 Å². The van der Waals surface area contributed by atoms with Crippen molar-refractivity contribution in [3.63, 3.8) is 0 Å². The molecule has 0 atom stereocenters. The quantitative estimate of drug-likeness (QED) is 0.662. The summed E-state index contributed by atoms with van der Waals surface area (Å²) in [5, 5.41) is 0. The Labute approximate surface area is 69.3 Å². The second kappa shape index (κ2) is 3.34. The van der Waals surface area contributed by atoms with E-state index in [1.807, 2.05) is 0 Å². The topological polar surface area (TPSA) is 9.23 Å². The highest BCUT2D eigenvalue weighted by atomic mass is 19.2. The average Bonchev–Trinajstić information content (AvgIpc) is 2.09. The fourth-order valence-corrected chi connectivity index (χ4v) is 0.850. The highest BCUT2D eigenvalue weighted by Gasteiger charge is 2.09. The fourth-order valence-electron chi connectivity index (χ4n) is 0.850. The van der Waals surface area contributed by atoms with Crippen molar-refractivity contribution in [3.05, 3.63) is 35.9 Å². The molecule has 0 saturated heterocycles. The molecule has 0 bridgehead atoms. The van der Waals surface area contributed by atoms with Crippen LogP contribution < -0.4 is 4.74 Å². The predicted molar refractivity (Wildman–Crippen MR) is 43.0 cm³/mol. The Hall–Kier alpha value is -1.38. The summed E-state index contributed by atoms with van der Waals surface area (Å²) >= 11 is 0. The first kappa shape index (κ1) is 8.71. The van der Waals surface area contributed by atoms with Crippen molar-refractivity contribution in [2.24, 2.45) is 0 Å². The molecule has 0 aliphatic carbocycles. The van der Waals surface area contributed by atoms with Crippen LogP contribution in [-0.2, 0) is 0 Å². The highest BCUT2D eigenvalue weighted by molar-refractivity contribution is 5.50. The third kappa shape index (κ3) is 1.44.